The molecule has 6 rings (SSSR count). The van der Waals surface area contributed by atoms with E-state index in [-0.39, 0.29) is 0 Å². The molecule has 2 aliphatic heterocycles. The zero-order chi connectivity index (χ0) is 20.8. The first-order chi connectivity index (χ1) is 15.3. The lowest BCUT2D eigenvalue weighted by Crippen LogP contribution is -2.63. The van der Waals surface area contributed by atoms with E-state index in [0.29, 0.717) is 12.1 Å². The summed E-state index contributed by atoms with van der Waals surface area (Å²) < 4.78 is 5.63. The van der Waals surface area contributed by atoms with Crippen LogP contribution in [0.15, 0.2) is 47.0 Å². The largest absolute Gasteiger partial charge is 0.424 e. The Morgan fingerprint density at radius 1 is 0.968 bits per heavy atom. The van der Waals surface area contributed by atoms with Crippen molar-refractivity contribution in [2.75, 3.05) is 56.5 Å². The van der Waals surface area contributed by atoms with E-state index in [9.17, 15) is 0 Å². The molecule has 0 radical (unpaired) electrons. The maximum Gasteiger partial charge on any atom is 0.295 e. The van der Waals surface area contributed by atoms with Gasteiger partial charge in [0.05, 0.1) is 17.2 Å². The van der Waals surface area contributed by atoms with E-state index in [1.54, 1.807) is 7.05 Å². The van der Waals surface area contributed by atoms with E-state index in [0.717, 1.165) is 78.3 Å². The third-order valence-electron chi connectivity index (χ3n) is 6.32. The fourth-order valence-corrected chi connectivity index (χ4v) is 4.47. The van der Waals surface area contributed by atoms with Gasteiger partial charge in [-0.05, 0) is 35.4 Å². The lowest BCUT2D eigenvalue weighted by Gasteiger charge is -2.47. The van der Waals surface area contributed by atoms with Crippen molar-refractivity contribution in [1.29, 1.82) is 0 Å². The van der Waals surface area contributed by atoms with Crippen LogP contribution < -0.4 is 15.5 Å². The van der Waals surface area contributed by atoms with Gasteiger partial charge in [-0.2, -0.15) is 4.98 Å². The van der Waals surface area contributed by atoms with Crippen molar-refractivity contribution in [3.05, 3.63) is 42.6 Å². The molecule has 0 amide bonds. The van der Waals surface area contributed by atoms with Gasteiger partial charge in [0, 0.05) is 52.4 Å². The van der Waals surface area contributed by atoms with Crippen LogP contribution in [0, 0.1) is 0 Å². The molecule has 2 N–H and O–H groups in total. The van der Waals surface area contributed by atoms with Gasteiger partial charge in [0.25, 0.3) is 6.01 Å². The van der Waals surface area contributed by atoms with E-state index >= 15 is 0 Å². The Morgan fingerprint density at radius 2 is 1.74 bits per heavy atom. The highest BCUT2D eigenvalue weighted by atomic mass is 16.4. The molecular formula is C23H25N7O. The van der Waals surface area contributed by atoms with Crippen LogP contribution in [0.25, 0.3) is 33.3 Å². The molecule has 0 atom stereocenters. The predicted octanol–water partition coefficient (Wildman–Crippen LogP) is 2.57. The minimum absolute atomic E-state index is 0.523. The molecule has 2 aliphatic rings. The van der Waals surface area contributed by atoms with Gasteiger partial charge in [0.1, 0.15) is 11.3 Å². The van der Waals surface area contributed by atoms with E-state index in [2.05, 4.69) is 48.6 Å². The summed E-state index contributed by atoms with van der Waals surface area (Å²) in [5.74, 6) is 0.960. The summed E-state index contributed by atoms with van der Waals surface area (Å²) in [5.41, 5.74) is 5.61. The van der Waals surface area contributed by atoms with E-state index in [1.165, 1.54) is 0 Å². The lowest BCUT2D eigenvalue weighted by molar-refractivity contribution is 0.147. The third-order valence-corrected chi connectivity index (χ3v) is 6.32. The molecule has 4 aromatic rings. The SMILES string of the molecule is CNc1nc2cc(-c3ccc4ncc(N5CC(N6CCNCC6)C5)nc4c3)ccc2o1. The van der Waals surface area contributed by atoms with Crippen LogP contribution in [-0.2, 0) is 0 Å². The summed E-state index contributed by atoms with van der Waals surface area (Å²) >= 11 is 0. The summed E-state index contributed by atoms with van der Waals surface area (Å²) in [6, 6.07) is 13.4. The summed E-state index contributed by atoms with van der Waals surface area (Å²) in [5, 5.41) is 6.37. The van der Waals surface area contributed by atoms with Gasteiger partial charge < -0.3 is 20.0 Å². The van der Waals surface area contributed by atoms with Crippen molar-refractivity contribution in [1.82, 2.24) is 25.2 Å². The number of piperazine rings is 1. The highest BCUT2D eigenvalue weighted by molar-refractivity contribution is 5.86. The van der Waals surface area contributed by atoms with E-state index in [4.69, 9.17) is 9.40 Å². The second-order valence-corrected chi connectivity index (χ2v) is 8.23. The minimum Gasteiger partial charge on any atom is -0.424 e. The van der Waals surface area contributed by atoms with Crippen molar-refractivity contribution in [2.24, 2.45) is 0 Å². The Balaban J connectivity index is 1.25. The normalized spacial score (nSPS) is 17.9. The number of aromatic nitrogens is 3. The van der Waals surface area contributed by atoms with Crippen LogP contribution in [-0.4, -0.2) is 72.2 Å². The molecule has 2 fully saturated rings. The van der Waals surface area contributed by atoms with E-state index in [1.807, 2.05) is 24.4 Å². The lowest BCUT2D eigenvalue weighted by atomic mass is 10.0. The highest BCUT2D eigenvalue weighted by Crippen LogP contribution is 2.29. The monoisotopic (exact) mass is 415 g/mol. The number of nitrogens with one attached hydrogen (secondary N) is 2. The smallest absolute Gasteiger partial charge is 0.295 e. The van der Waals surface area contributed by atoms with Crippen LogP contribution in [0.2, 0.25) is 0 Å². The Labute approximate surface area is 180 Å². The molecule has 4 heterocycles. The van der Waals surface area contributed by atoms with Gasteiger partial charge >= 0.3 is 0 Å². The van der Waals surface area contributed by atoms with Crippen LogP contribution in [0.5, 0.6) is 0 Å². The van der Waals surface area contributed by atoms with E-state index < -0.39 is 0 Å². The Morgan fingerprint density at radius 3 is 2.55 bits per heavy atom. The van der Waals surface area contributed by atoms with Gasteiger partial charge in [-0.15, -0.1) is 0 Å². The number of rotatable bonds is 4. The number of fused-ring (bicyclic) bond motifs is 2. The van der Waals surface area contributed by atoms with Crippen molar-refractivity contribution in [3.63, 3.8) is 0 Å². The van der Waals surface area contributed by atoms with Crippen LogP contribution >= 0.6 is 0 Å². The van der Waals surface area contributed by atoms with Crippen molar-refractivity contribution < 1.29 is 4.42 Å². The Kier molecular flexibility index (Phi) is 4.47. The second-order valence-electron chi connectivity index (χ2n) is 8.23. The summed E-state index contributed by atoms with van der Waals surface area (Å²) in [7, 11) is 1.80. The molecule has 2 saturated heterocycles. The third kappa shape index (κ3) is 3.37. The number of benzene rings is 2. The van der Waals surface area contributed by atoms with Crippen LogP contribution in [0.3, 0.4) is 0 Å². The van der Waals surface area contributed by atoms with Gasteiger partial charge in [-0.25, -0.2) is 4.98 Å². The number of anilines is 2. The number of hydrogen-bond donors (Lipinski definition) is 2. The van der Waals surface area contributed by atoms with Gasteiger partial charge in [0.2, 0.25) is 0 Å². The second kappa shape index (κ2) is 7.47. The quantitative estimate of drug-likeness (QED) is 0.526. The molecule has 8 heteroatoms. The zero-order valence-electron chi connectivity index (χ0n) is 17.5. The fraction of sp³-hybridized carbons (Fsp3) is 0.348. The Bertz CT molecular complexity index is 1240. The molecule has 0 saturated carbocycles. The molecule has 0 spiro atoms. The average molecular weight is 416 g/mol. The van der Waals surface area contributed by atoms with Crippen LogP contribution in [0.1, 0.15) is 0 Å². The number of oxazole rings is 1. The molecule has 2 aromatic heterocycles. The first kappa shape index (κ1) is 18.5. The molecule has 8 nitrogen and oxygen atoms in total. The van der Waals surface area contributed by atoms with Crippen molar-refractivity contribution >= 4 is 34.0 Å². The molecular weight excluding hydrogens is 390 g/mol. The zero-order valence-corrected chi connectivity index (χ0v) is 17.5. The highest BCUT2D eigenvalue weighted by Gasteiger charge is 2.33. The fourth-order valence-electron chi connectivity index (χ4n) is 4.47. The topological polar surface area (TPSA) is 82.4 Å². The standard InChI is InChI=1S/C23H25N7O/c1-24-23-28-20-11-16(3-5-21(20)31-23)15-2-4-18-19(10-15)27-22(12-26-18)30-13-17(14-30)29-8-6-25-7-9-29/h2-5,10-12,17,25H,6-9,13-14H2,1H3,(H,24,28). The summed E-state index contributed by atoms with van der Waals surface area (Å²) in [6.45, 7) is 6.50. The number of nitrogens with zero attached hydrogens (tertiary/aromatic N) is 5. The maximum absolute atomic E-state index is 5.63. The predicted molar refractivity (Wildman–Crippen MR) is 123 cm³/mol. The molecule has 0 aliphatic carbocycles. The molecule has 0 bridgehead atoms. The Hall–Kier alpha value is -3.23. The first-order valence-corrected chi connectivity index (χ1v) is 10.8. The molecule has 0 unspecified atom stereocenters. The van der Waals surface area contributed by atoms with Gasteiger partial charge in [0.15, 0.2) is 5.58 Å². The molecule has 2 aromatic carbocycles. The molecule has 31 heavy (non-hydrogen) atoms. The molecule has 158 valence electrons. The summed E-state index contributed by atoms with van der Waals surface area (Å²) in [4.78, 5) is 19.0. The van der Waals surface area contributed by atoms with Gasteiger partial charge in [-0.3, -0.25) is 9.88 Å². The average Bonchev–Trinajstić information content (AvgIpc) is 3.21. The maximum atomic E-state index is 5.63. The van der Waals surface area contributed by atoms with Crippen LogP contribution in [0.4, 0.5) is 11.8 Å². The number of hydrogen-bond acceptors (Lipinski definition) is 8. The van der Waals surface area contributed by atoms with Gasteiger partial charge in [-0.1, -0.05) is 12.1 Å². The first-order valence-electron chi connectivity index (χ1n) is 10.8. The van der Waals surface area contributed by atoms with Crippen molar-refractivity contribution in [2.45, 2.75) is 6.04 Å². The minimum atomic E-state index is 0.523. The summed E-state index contributed by atoms with van der Waals surface area (Å²) in [6.07, 6.45) is 1.90. The van der Waals surface area contributed by atoms with Crippen molar-refractivity contribution in [3.8, 4) is 11.1 Å².